The largest absolute Gasteiger partial charge is 0.331 e. The smallest absolute Gasteiger partial charge is 0.277 e. The van der Waals surface area contributed by atoms with Gasteiger partial charge in [-0.3, -0.25) is 4.79 Å². The second-order valence-electron chi connectivity index (χ2n) is 3.95. The topological polar surface area (TPSA) is 37.8 Å². The lowest BCUT2D eigenvalue weighted by atomic mass is 10.3. The third kappa shape index (κ3) is 2.04. The van der Waals surface area contributed by atoms with E-state index in [2.05, 4.69) is 20.9 Å². The first-order chi connectivity index (χ1) is 9.49. The number of aromatic nitrogens is 2. The lowest BCUT2D eigenvalue weighted by Gasteiger charge is -2.09. The Morgan fingerprint density at radius 1 is 1.30 bits per heavy atom. The summed E-state index contributed by atoms with van der Waals surface area (Å²) >= 11 is 9.21. The minimum absolute atomic E-state index is 0.0546. The Hall–Kier alpha value is -1.38. The highest BCUT2D eigenvalue weighted by Gasteiger charge is 2.17. The van der Waals surface area contributed by atoms with E-state index >= 15 is 0 Å². The number of halogens is 3. The molecule has 1 N–H and O–H groups in total. The van der Waals surface area contributed by atoms with E-state index in [4.69, 9.17) is 12.2 Å². The zero-order valence-electron chi connectivity index (χ0n) is 9.62. The quantitative estimate of drug-likeness (QED) is 0.649. The van der Waals surface area contributed by atoms with Crippen LogP contribution in [0, 0.1) is 16.4 Å². The van der Waals surface area contributed by atoms with Gasteiger partial charge in [0, 0.05) is 4.47 Å². The van der Waals surface area contributed by atoms with Crippen molar-refractivity contribution in [1.82, 2.24) is 9.55 Å². The molecular formula is C12H5BrF2N2OS2. The molecule has 0 saturated heterocycles. The van der Waals surface area contributed by atoms with Gasteiger partial charge in [0.1, 0.15) is 10.4 Å². The number of H-pyrrole nitrogens is 1. The second kappa shape index (κ2) is 4.87. The average Bonchev–Trinajstić information content (AvgIpc) is 2.80. The minimum Gasteiger partial charge on any atom is -0.331 e. The zero-order chi connectivity index (χ0) is 14.4. The minimum atomic E-state index is -0.866. The van der Waals surface area contributed by atoms with E-state index in [1.54, 1.807) is 11.4 Å². The molecule has 0 fully saturated rings. The molecule has 3 nitrogen and oxygen atoms in total. The molecule has 0 radical (unpaired) electrons. The van der Waals surface area contributed by atoms with Crippen molar-refractivity contribution in [2.45, 2.75) is 0 Å². The lowest BCUT2D eigenvalue weighted by Crippen LogP contribution is -2.21. The number of thiophene rings is 1. The molecule has 1 aromatic carbocycles. The fourth-order valence-electron chi connectivity index (χ4n) is 1.89. The number of hydrogen-bond donors (Lipinski definition) is 1. The molecular weight excluding hydrogens is 370 g/mol. The Balaban J connectivity index is 2.47. The summed E-state index contributed by atoms with van der Waals surface area (Å²) in [5.41, 5.74) is -0.465. The maximum absolute atomic E-state index is 14.0. The zero-order valence-corrected chi connectivity index (χ0v) is 12.8. The summed E-state index contributed by atoms with van der Waals surface area (Å²) < 4.78 is 29.4. The predicted molar refractivity (Wildman–Crippen MR) is 80.2 cm³/mol. The molecule has 3 aromatic rings. The summed E-state index contributed by atoms with van der Waals surface area (Å²) in [5, 5.41) is 1.70. The molecule has 0 spiro atoms. The molecule has 0 aliphatic carbocycles. The van der Waals surface area contributed by atoms with E-state index in [1.165, 1.54) is 11.3 Å². The van der Waals surface area contributed by atoms with Crippen molar-refractivity contribution >= 4 is 49.7 Å². The van der Waals surface area contributed by atoms with E-state index in [9.17, 15) is 13.6 Å². The average molecular weight is 375 g/mol. The summed E-state index contributed by atoms with van der Waals surface area (Å²) in [6.07, 6.45) is 0. The van der Waals surface area contributed by atoms with Gasteiger partial charge in [0.15, 0.2) is 16.4 Å². The van der Waals surface area contributed by atoms with Gasteiger partial charge in [-0.15, -0.1) is 11.3 Å². The SMILES string of the molecule is O=c1c2sccc2[nH]c(=S)n1-c1c(F)cc(Br)cc1F. The van der Waals surface area contributed by atoms with Crippen molar-refractivity contribution in [3.05, 3.63) is 54.8 Å². The van der Waals surface area contributed by atoms with Crippen molar-refractivity contribution in [2.75, 3.05) is 0 Å². The lowest BCUT2D eigenvalue weighted by molar-refractivity contribution is 0.563. The molecule has 102 valence electrons. The van der Waals surface area contributed by atoms with Crippen LogP contribution < -0.4 is 5.56 Å². The summed E-state index contributed by atoms with van der Waals surface area (Å²) in [5.74, 6) is -1.73. The summed E-state index contributed by atoms with van der Waals surface area (Å²) in [6.45, 7) is 0. The van der Waals surface area contributed by atoms with Crippen molar-refractivity contribution in [1.29, 1.82) is 0 Å². The van der Waals surface area contributed by atoms with Crippen molar-refractivity contribution < 1.29 is 8.78 Å². The van der Waals surface area contributed by atoms with Crippen LogP contribution in [0.3, 0.4) is 0 Å². The highest BCUT2D eigenvalue weighted by molar-refractivity contribution is 9.10. The monoisotopic (exact) mass is 374 g/mol. The molecule has 0 bridgehead atoms. The van der Waals surface area contributed by atoms with Crippen LogP contribution in [0.15, 0.2) is 32.8 Å². The number of hydrogen-bond acceptors (Lipinski definition) is 3. The fraction of sp³-hybridized carbons (Fsp3) is 0. The third-order valence-corrected chi connectivity index (χ3v) is 4.36. The van der Waals surface area contributed by atoms with Crippen LogP contribution in [0.2, 0.25) is 0 Å². The van der Waals surface area contributed by atoms with Gasteiger partial charge in [-0.1, -0.05) is 15.9 Å². The predicted octanol–water partition coefficient (Wildman–Crippen LogP) is 4.15. The standard InChI is InChI=1S/C12H5BrF2N2OS2/c13-5-3-6(14)9(7(15)4-5)17-11(18)10-8(1-2-20-10)16-12(17)19/h1-4H,(H,16,19). The highest BCUT2D eigenvalue weighted by atomic mass is 79.9. The van der Waals surface area contributed by atoms with Gasteiger partial charge in [-0.05, 0) is 35.8 Å². The number of fused-ring (bicyclic) bond motifs is 1. The first-order valence-electron chi connectivity index (χ1n) is 5.36. The van der Waals surface area contributed by atoms with Gasteiger partial charge in [0.25, 0.3) is 5.56 Å². The van der Waals surface area contributed by atoms with Crippen molar-refractivity contribution in [2.24, 2.45) is 0 Å². The normalized spacial score (nSPS) is 11.2. The van der Waals surface area contributed by atoms with Gasteiger partial charge >= 0.3 is 0 Å². The van der Waals surface area contributed by atoms with E-state index < -0.39 is 22.9 Å². The van der Waals surface area contributed by atoms with E-state index in [-0.39, 0.29) is 9.24 Å². The van der Waals surface area contributed by atoms with E-state index in [1.807, 2.05) is 0 Å². The van der Waals surface area contributed by atoms with Crippen LogP contribution in [0.1, 0.15) is 0 Å². The molecule has 0 amide bonds. The fourth-order valence-corrected chi connectivity index (χ4v) is 3.35. The molecule has 0 aliphatic rings. The Morgan fingerprint density at radius 2 is 1.95 bits per heavy atom. The van der Waals surface area contributed by atoms with Crippen molar-refractivity contribution in [3.63, 3.8) is 0 Å². The highest BCUT2D eigenvalue weighted by Crippen LogP contribution is 2.23. The van der Waals surface area contributed by atoms with Gasteiger partial charge < -0.3 is 4.98 Å². The summed E-state index contributed by atoms with van der Waals surface area (Å²) in [4.78, 5) is 15.1. The van der Waals surface area contributed by atoms with E-state index in [0.29, 0.717) is 10.2 Å². The number of aromatic amines is 1. The maximum Gasteiger partial charge on any atom is 0.277 e. The molecule has 8 heteroatoms. The second-order valence-corrected chi connectivity index (χ2v) is 6.17. The molecule has 0 saturated carbocycles. The Kier molecular flexibility index (Phi) is 3.31. The van der Waals surface area contributed by atoms with Gasteiger partial charge in [0.2, 0.25) is 0 Å². The Labute approximate surface area is 128 Å². The number of nitrogens with zero attached hydrogens (tertiary/aromatic N) is 1. The Morgan fingerprint density at radius 3 is 2.60 bits per heavy atom. The summed E-state index contributed by atoms with van der Waals surface area (Å²) in [7, 11) is 0. The maximum atomic E-state index is 14.0. The molecule has 0 unspecified atom stereocenters. The van der Waals surface area contributed by atoms with Gasteiger partial charge in [0.05, 0.1) is 5.52 Å². The molecule has 0 atom stereocenters. The van der Waals surface area contributed by atoms with Crippen LogP contribution in [0.5, 0.6) is 0 Å². The molecule has 2 heterocycles. The van der Waals surface area contributed by atoms with Crippen LogP contribution in [0.25, 0.3) is 15.9 Å². The molecule has 2 aromatic heterocycles. The molecule has 3 rings (SSSR count). The molecule has 20 heavy (non-hydrogen) atoms. The van der Waals surface area contributed by atoms with Crippen LogP contribution >= 0.6 is 39.5 Å². The van der Waals surface area contributed by atoms with Crippen LogP contribution in [-0.4, -0.2) is 9.55 Å². The van der Waals surface area contributed by atoms with Crippen LogP contribution in [0.4, 0.5) is 8.78 Å². The van der Waals surface area contributed by atoms with Crippen LogP contribution in [-0.2, 0) is 0 Å². The number of benzene rings is 1. The first-order valence-corrected chi connectivity index (χ1v) is 7.44. The number of nitrogens with one attached hydrogen (secondary N) is 1. The molecule has 0 aliphatic heterocycles. The van der Waals surface area contributed by atoms with Crippen molar-refractivity contribution in [3.8, 4) is 5.69 Å². The Bertz CT molecular complexity index is 922. The van der Waals surface area contributed by atoms with E-state index in [0.717, 1.165) is 16.7 Å². The number of rotatable bonds is 1. The van der Waals surface area contributed by atoms with Gasteiger partial charge in [-0.2, -0.15) is 0 Å². The first kappa shape index (κ1) is 13.6. The van der Waals surface area contributed by atoms with Gasteiger partial charge in [-0.25, -0.2) is 13.3 Å². The third-order valence-electron chi connectivity index (χ3n) is 2.71. The summed E-state index contributed by atoms with van der Waals surface area (Å²) in [6, 6.07) is 3.85.